The summed E-state index contributed by atoms with van der Waals surface area (Å²) in [5.74, 6) is -1.66. The number of esters is 1. The molecule has 12 heteroatoms. The lowest BCUT2D eigenvalue weighted by molar-refractivity contribution is 0.0519. The minimum Gasteiger partial charge on any atom is -0.461 e. The van der Waals surface area contributed by atoms with Crippen LogP contribution in [0, 0.1) is 11.6 Å². The second-order valence-corrected chi connectivity index (χ2v) is 5.89. The van der Waals surface area contributed by atoms with Gasteiger partial charge in [-0.1, -0.05) is 6.07 Å². The number of aromatic amines is 1. The first-order chi connectivity index (χ1) is 13.9. The van der Waals surface area contributed by atoms with Crippen molar-refractivity contribution in [1.29, 1.82) is 0 Å². The lowest BCUT2D eigenvalue weighted by Gasteiger charge is -2.15. The number of rotatable bonds is 7. The van der Waals surface area contributed by atoms with Crippen molar-refractivity contribution in [2.45, 2.75) is 19.9 Å². The van der Waals surface area contributed by atoms with Crippen LogP contribution in [0.25, 0.3) is 0 Å². The molecule has 3 rings (SSSR count). The maximum Gasteiger partial charge on any atom is 0.356 e. The van der Waals surface area contributed by atoms with Gasteiger partial charge < -0.3 is 21.1 Å². The van der Waals surface area contributed by atoms with Gasteiger partial charge in [-0.25, -0.2) is 13.6 Å². The fraction of sp³-hybridized carbons (Fsp3) is 0.235. The Morgan fingerprint density at radius 2 is 2.00 bits per heavy atom. The first kappa shape index (κ1) is 19.9. The van der Waals surface area contributed by atoms with Crippen LogP contribution in [0.3, 0.4) is 0 Å². The lowest BCUT2D eigenvalue weighted by atomic mass is 10.1. The Labute approximate surface area is 163 Å². The van der Waals surface area contributed by atoms with Crippen molar-refractivity contribution in [3.63, 3.8) is 0 Å². The monoisotopic (exact) mass is 404 g/mol. The molecule has 0 radical (unpaired) electrons. The number of nitrogens with zero attached hydrogens (tertiary/aromatic N) is 4. The topological polar surface area (TPSA) is 144 Å². The number of aromatic nitrogens is 5. The van der Waals surface area contributed by atoms with E-state index in [1.54, 1.807) is 13.8 Å². The molecule has 0 aliphatic heterocycles. The summed E-state index contributed by atoms with van der Waals surface area (Å²) >= 11 is 0. The van der Waals surface area contributed by atoms with E-state index >= 15 is 0 Å². The summed E-state index contributed by atoms with van der Waals surface area (Å²) < 4.78 is 31.9. The quantitative estimate of drug-likeness (QED) is 0.437. The van der Waals surface area contributed by atoms with Gasteiger partial charge in [-0.2, -0.15) is 20.1 Å². The minimum atomic E-state index is -0.701. The normalized spacial score (nSPS) is 11.7. The van der Waals surface area contributed by atoms with Gasteiger partial charge in [0.15, 0.2) is 5.82 Å². The number of ether oxygens (including phenoxy) is 1. The number of nitrogen functional groups attached to an aromatic ring is 1. The minimum absolute atomic E-state index is 0.0497. The standard InChI is InChI=1S/C17H18F2N8O2/c1-3-29-14(28)12-7-13(27-26-12)22-17-24-15(20)23-16(25-17)21-8(2)10-5-4-9(18)6-11(10)19/h4-8H,3H2,1-2H3,(H5,20,21,22,23,24,25,26,27). The Bertz CT molecular complexity index is 1030. The summed E-state index contributed by atoms with van der Waals surface area (Å²) in [5, 5.41) is 12.1. The van der Waals surface area contributed by atoms with Gasteiger partial charge in [-0.3, -0.25) is 5.10 Å². The van der Waals surface area contributed by atoms with E-state index in [0.717, 1.165) is 12.1 Å². The highest BCUT2D eigenvalue weighted by Crippen LogP contribution is 2.22. The summed E-state index contributed by atoms with van der Waals surface area (Å²) in [6.45, 7) is 3.57. The molecule has 152 valence electrons. The number of benzene rings is 1. The van der Waals surface area contributed by atoms with Crippen molar-refractivity contribution < 1.29 is 18.3 Å². The van der Waals surface area contributed by atoms with Crippen molar-refractivity contribution in [3.8, 4) is 0 Å². The zero-order valence-corrected chi connectivity index (χ0v) is 15.5. The van der Waals surface area contributed by atoms with Crippen molar-refractivity contribution >= 4 is 29.6 Å². The fourth-order valence-electron chi connectivity index (χ4n) is 2.45. The summed E-state index contributed by atoms with van der Waals surface area (Å²) in [7, 11) is 0. The number of carbonyl (C=O) groups excluding carboxylic acids is 1. The number of H-pyrrole nitrogens is 1. The SMILES string of the molecule is CCOC(=O)c1cc(Nc2nc(N)nc(NC(C)c3ccc(F)cc3F)n2)n[nH]1. The average Bonchev–Trinajstić information content (AvgIpc) is 3.09. The van der Waals surface area contributed by atoms with Crippen LogP contribution in [0.2, 0.25) is 0 Å². The molecule has 0 fully saturated rings. The zero-order valence-electron chi connectivity index (χ0n) is 15.5. The molecular weight excluding hydrogens is 386 g/mol. The van der Waals surface area contributed by atoms with Gasteiger partial charge in [0.05, 0.1) is 12.6 Å². The summed E-state index contributed by atoms with van der Waals surface area (Å²) in [4.78, 5) is 23.7. The van der Waals surface area contributed by atoms with Crippen molar-refractivity contribution in [2.75, 3.05) is 23.0 Å². The second kappa shape index (κ2) is 8.46. The molecule has 0 amide bonds. The van der Waals surface area contributed by atoms with Crippen LogP contribution >= 0.6 is 0 Å². The number of carbonyl (C=O) groups is 1. The molecule has 10 nitrogen and oxygen atoms in total. The van der Waals surface area contributed by atoms with Gasteiger partial charge in [-0.15, -0.1) is 0 Å². The Hall–Kier alpha value is -3.83. The number of anilines is 4. The molecule has 0 aliphatic rings. The molecule has 0 aliphatic carbocycles. The summed E-state index contributed by atoms with van der Waals surface area (Å²) in [5.41, 5.74) is 6.08. The van der Waals surface area contributed by atoms with E-state index in [0.29, 0.717) is 0 Å². The fourth-order valence-corrected chi connectivity index (χ4v) is 2.45. The predicted octanol–water partition coefficient (Wildman–Crippen LogP) is 2.55. The van der Waals surface area contributed by atoms with Crippen molar-refractivity contribution in [2.24, 2.45) is 0 Å². The molecule has 1 aromatic carbocycles. The summed E-state index contributed by atoms with van der Waals surface area (Å²) in [6.07, 6.45) is 0. The van der Waals surface area contributed by atoms with E-state index in [1.807, 2.05) is 0 Å². The molecule has 29 heavy (non-hydrogen) atoms. The van der Waals surface area contributed by atoms with Crippen LogP contribution in [0.4, 0.5) is 32.4 Å². The molecule has 0 bridgehead atoms. The van der Waals surface area contributed by atoms with Crippen molar-refractivity contribution in [1.82, 2.24) is 25.1 Å². The van der Waals surface area contributed by atoms with Crippen molar-refractivity contribution in [3.05, 3.63) is 47.2 Å². The number of nitrogens with one attached hydrogen (secondary N) is 3. The molecular formula is C17H18F2N8O2. The molecule has 2 aromatic heterocycles. The van der Waals surface area contributed by atoms with Crippen LogP contribution in [0.5, 0.6) is 0 Å². The van der Waals surface area contributed by atoms with E-state index < -0.39 is 23.6 Å². The molecule has 1 atom stereocenters. The van der Waals surface area contributed by atoms with Crippen LogP contribution in [-0.2, 0) is 4.74 Å². The molecule has 5 N–H and O–H groups in total. The third kappa shape index (κ3) is 4.91. The van der Waals surface area contributed by atoms with E-state index in [4.69, 9.17) is 10.5 Å². The molecule has 1 unspecified atom stereocenters. The number of nitrogens with two attached hydrogens (primary N) is 1. The molecule has 0 spiro atoms. The summed E-state index contributed by atoms with van der Waals surface area (Å²) in [6, 6.07) is 4.12. The highest BCUT2D eigenvalue weighted by molar-refractivity contribution is 5.88. The van der Waals surface area contributed by atoms with E-state index in [1.165, 1.54) is 12.1 Å². The number of halogens is 2. The predicted molar refractivity (Wildman–Crippen MR) is 100 cm³/mol. The smallest absolute Gasteiger partial charge is 0.356 e. The van der Waals surface area contributed by atoms with Gasteiger partial charge in [0.1, 0.15) is 17.3 Å². The lowest BCUT2D eigenvalue weighted by Crippen LogP contribution is -2.14. The third-order valence-corrected chi connectivity index (χ3v) is 3.74. The van der Waals surface area contributed by atoms with Gasteiger partial charge >= 0.3 is 5.97 Å². The van der Waals surface area contributed by atoms with Gasteiger partial charge in [-0.05, 0) is 19.9 Å². The van der Waals surface area contributed by atoms with Gasteiger partial charge in [0.2, 0.25) is 17.8 Å². The van der Waals surface area contributed by atoms with Gasteiger partial charge in [0.25, 0.3) is 0 Å². The second-order valence-electron chi connectivity index (χ2n) is 5.89. The molecule has 0 saturated carbocycles. The van der Waals surface area contributed by atoms with Crippen LogP contribution < -0.4 is 16.4 Å². The zero-order chi connectivity index (χ0) is 21.0. The maximum atomic E-state index is 14.0. The number of hydrogen-bond donors (Lipinski definition) is 4. The van der Waals surface area contributed by atoms with Crippen LogP contribution in [0.1, 0.15) is 35.9 Å². The van der Waals surface area contributed by atoms with Crippen LogP contribution in [-0.4, -0.2) is 37.7 Å². The van der Waals surface area contributed by atoms with E-state index in [2.05, 4.69) is 35.8 Å². The first-order valence-electron chi connectivity index (χ1n) is 8.58. The number of hydrogen-bond acceptors (Lipinski definition) is 9. The third-order valence-electron chi connectivity index (χ3n) is 3.74. The largest absolute Gasteiger partial charge is 0.461 e. The van der Waals surface area contributed by atoms with Crippen LogP contribution in [0.15, 0.2) is 24.3 Å². The van der Waals surface area contributed by atoms with E-state index in [-0.39, 0.29) is 41.5 Å². The molecule has 2 heterocycles. The first-order valence-corrected chi connectivity index (χ1v) is 8.58. The Morgan fingerprint density at radius 3 is 2.72 bits per heavy atom. The Balaban J connectivity index is 1.75. The van der Waals surface area contributed by atoms with E-state index in [9.17, 15) is 13.6 Å². The molecule has 0 saturated heterocycles. The Morgan fingerprint density at radius 1 is 1.24 bits per heavy atom. The Kier molecular flexibility index (Phi) is 5.81. The average molecular weight is 404 g/mol. The maximum absolute atomic E-state index is 14.0. The highest BCUT2D eigenvalue weighted by Gasteiger charge is 2.15. The highest BCUT2D eigenvalue weighted by atomic mass is 19.1. The van der Waals surface area contributed by atoms with Gasteiger partial charge in [0, 0.05) is 17.7 Å². The molecule has 3 aromatic rings.